The van der Waals surface area contributed by atoms with Gasteiger partial charge < -0.3 is 0 Å². The third kappa shape index (κ3) is 3.00. The van der Waals surface area contributed by atoms with Crippen LogP contribution in [0.2, 0.25) is 0 Å². The molecule has 0 aliphatic heterocycles. The van der Waals surface area contributed by atoms with Gasteiger partial charge >= 0.3 is 21.2 Å². The second-order valence-electron chi connectivity index (χ2n) is 4.95. The van der Waals surface area contributed by atoms with E-state index in [-0.39, 0.29) is 10.6 Å². The number of nitrogens with zero attached hydrogens (tertiary/aromatic N) is 1. The minimum atomic E-state index is -0.396. The molecule has 0 aliphatic rings. The molecule has 0 aliphatic carbocycles. The highest BCUT2D eigenvalue weighted by atomic mass is 127. The van der Waals surface area contributed by atoms with Crippen molar-refractivity contribution in [2.24, 2.45) is 0 Å². The molecule has 104 valence electrons. The zero-order valence-electron chi connectivity index (χ0n) is 12.0. The summed E-state index contributed by atoms with van der Waals surface area (Å²) in [6, 6.07) is 9.77. The molecular formula is C16H17INO2+. The third-order valence-electron chi connectivity index (χ3n) is 3.21. The summed E-state index contributed by atoms with van der Waals surface area (Å²) in [7, 11) is 0. The van der Waals surface area contributed by atoms with Crippen molar-refractivity contribution in [3.05, 3.63) is 69.8 Å². The first kappa shape index (κ1) is 15.0. The van der Waals surface area contributed by atoms with E-state index < -0.39 is 21.2 Å². The van der Waals surface area contributed by atoms with Gasteiger partial charge in [-0.3, -0.25) is 10.1 Å². The summed E-state index contributed by atoms with van der Waals surface area (Å²) in [5, 5.41) is 11.0. The monoisotopic (exact) mass is 382 g/mol. The molecule has 0 heterocycles. The number of hydrogen-bond donors (Lipinski definition) is 0. The third-order valence-corrected chi connectivity index (χ3v) is 7.20. The lowest BCUT2D eigenvalue weighted by atomic mass is 10.1. The molecule has 4 heteroatoms. The van der Waals surface area contributed by atoms with Gasteiger partial charge in [0.2, 0.25) is 3.57 Å². The van der Waals surface area contributed by atoms with Crippen molar-refractivity contribution in [1.82, 2.24) is 0 Å². The van der Waals surface area contributed by atoms with Crippen LogP contribution in [0.15, 0.2) is 30.3 Å². The van der Waals surface area contributed by atoms with E-state index in [0.717, 1.165) is 9.13 Å². The number of rotatable bonds is 3. The lowest BCUT2D eigenvalue weighted by molar-refractivity contribution is -0.599. The van der Waals surface area contributed by atoms with Crippen LogP contribution in [0.5, 0.6) is 0 Å². The van der Waals surface area contributed by atoms with Gasteiger partial charge in [0.25, 0.3) is 5.69 Å². The smallest absolute Gasteiger partial charge is 0.258 e. The molecule has 0 radical (unpaired) electrons. The highest BCUT2D eigenvalue weighted by molar-refractivity contribution is 5.38. The fourth-order valence-electron chi connectivity index (χ4n) is 2.31. The van der Waals surface area contributed by atoms with Crippen LogP contribution < -0.4 is 21.2 Å². The van der Waals surface area contributed by atoms with Crippen LogP contribution in [0.3, 0.4) is 0 Å². The summed E-state index contributed by atoms with van der Waals surface area (Å²) in [6.07, 6.45) is 0. The van der Waals surface area contributed by atoms with E-state index in [2.05, 4.69) is 32.9 Å². The topological polar surface area (TPSA) is 43.1 Å². The first-order valence-electron chi connectivity index (χ1n) is 6.37. The predicted molar refractivity (Wildman–Crippen MR) is 75.9 cm³/mol. The summed E-state index contributed by atoms with van der Waals surface area (Å²) < 4.78 is 2.51. The van der Waals surface area contributed by atoms with Gasteiger partial charge in [-0.05, 0) is 33.8 Å². The van der Waals surface area contributed by atoms with E-state index >= 15 is 0 Å². The second-order valence-corrected chi connectivity index (χ2v) is 7.73. The maximum Gasteiger partial charge on any atom is 0.359 e. The zero-order valence-corrected chi connectivity index (χ0v) is 14.2. The van der Waals surface area contributed by atoms with Crippen molar-refractivity contribution in [2.45, 2.75) is 27.7 Å². The van der Waals surface area contributed by atoms with E-state index in [4.69, 9.17) is 0 Å². The lowest BCUT2D eigenvalue weighted by Crippen LogP contribution is -3.62. The molecule has 0 bridgehead atoms. The molecule has 0 aromatic heterocycles. The Bertz CT molecular complexity index is 657. The Hall–Kier alpha value is -1.43. The second kappa shape index (κ2) is 5.91. The Balaban J connectivity index is 2.46. The van der Waals surface area contributed by atoms with Gasteiger partial charge in [0.05, 0.1) is 10.5 Å². The summed E-state index contributed by atoms with van der Waals surface area (Å²) >= 11 is -0.396. The maximum absolute atomic E-state index is 11.0. The molecule has 0 saturated carbocycles. The molecule has 0 unspecified atom stereocenters. The minimum absolute atomic E-state index is 0.226. The van der Waals surface area contributed by atoms with Crippen molar-refractivity contribution in [3.8, 4) is 0 Å². The SMILES string of the molecule is Cc1cc(C)c([I+]c2cccc([N+](=O)[O-])c2C)c(C)c1. The highest BCUT2D eigenvalue weighted by Crippen LogP contribution is 2.16. The van der Waals surface area contributed by atoms with Crippen LogP contribution in [-0.2, 0) is 0 Å². The molecular weight excluding hydrogens is 365 g/mol. The van der Waals surface area contributed by atoms with E-state index in [0.29, 0.717) is 0 Å². The number of halogens is 1. The normalized spacial score (nSPS) is 10.6. The van der Waals surface area contributed by atoms with E-state index in [1.54, 1.807) is 12.1 Å². The van der Waals surface area contributed by atoms with Crippen molar-refractivity contribution in [2.75, 3.05) is 0 Å². The van der Waals surface area contributed by atoms with E-state index in [9.17, 15) is 10.1 Å². The number of benzene rings is 2. The van der Waals surface area contributed by atoms with Crippen LogP contribution in [0.1, 0.15) is 22.3 Å². The first-order valence-corrected chi connectivity index (χ1v) is 8.52. The summed E-state index contributed by atoms with van der Waals surface area (Å²) in [5.74, 6) is 0. The average Bonchev–Trinajstić information content (AvgIpc) is 2.35. The molecule has 2 aromatic rings. The quantitative estimate of drug-likeness (QED) is 0.451. The number of nitro groups is 1. The molecule has 3 nitrogen and oxygen atoms in total. The van der Waals surface area contributed by atoms with Crippen molar-refractivity contribution in [1.29, 1.82) is 0 Å². The molecule has 0 saturated heterocycles. The Morgan fingerprint density at radius 3 is 2.20 bits per heavy atom. The standard InChI is InChI=1S/C16H17INO2/c1-10-8-11(2)16(12(3)9-10)17-14-6-5-7-15(13(14)4)18(19)20/h5-9H,1-4H3/q+1. The van der Waals surface area contributed by atoms with Crippen LogP contribution in [0, 0.1) is 44.9 Å². The number of hydrogen-bond acceptors (Lipinski definition) is 2. The molecule has 0 atom stereocenters. The molecule has 2 rings (SSSR count). The van der Waals surface area contributed by atoms with Crippen LogP contribution in [0.25, 0.3) is 0 Å². The molecule has 0 amide bonds. The Morgan fingerprint density at radius 1 is 1.05 bits per heavy atom. The predicted octanol–water partition coefficient (Wildman–Crippen LogP) is 0.957. The van der Waals surface area contributed by atoms with Crippen LogP contribution >= 0.6 is 0 Å². The van der Waals surface area contributed by atoms with Gasteiger partial charge in [-0.15, -0.1) is 0 Å². The highest BCUT2D eigenvalue weighted by Gasteiger charge is 2.27. The van der Waals surface area contributed by atoms with E-state index in [1.165, 1.54) is 20.3 Å². The number of nitro benzene ring substituents is 1. The fourth-order valence-corrected chi connectivity index (χ4v) is 5.12. The molecule has 2 aromatic carbocycles. The van der Waals surface area contributed by atoms with Crippen LogP contribution in [0.4, 0.5) is 5.69 Å². The summed E-state index contributed by atoms with van der Waals surface area (Å²) in [4.78, 5) is 10.7. The first-order chi connectivity index (χ1) is 9.40. The Morgan fingerprint density at radius 2 is 1.65 bits per heavy atom. The lowest BCUT2D eigenvalue weighted by Gasteiger charge is -2.02. The summed E-state index contributed by atoms with van der Waals surface area (Å²) in [6.45, 7) is 8.20. The number of aryl methyl sites for hydroxylation is 3. The van der Waals surface area contributed by atoms with Gasteiger partial charge in [0, 0.05) is 17.2 Å². The Kier molecular flexibility index (Phi) is 4.42. The van der Waals surface area contributed by atoms with Crippen LogP contribution in [-0.4, -0.2) is 4.92 Å². The van der Waals surface area contributed by atoms with Gasteiger partial charge in [0.1, 0.15) is 0 Å². The largest absolute Gasteiger partial charge is 0.359 e. The van der Waals surface area contributed by atoms with Crippen molar-refractivity contribution in [3.63, 3.8) is 0 Å². The average molecular weight is 382 g/mol. The molecule has 0 N–H and O–H groups in total. The molecule has 0 fully saturated rings. The molecule has 20 heavy (non-hydrogen) atoms. The van der Waals surface area contributed by atoms with Gasteiger partial charge in [-0.1, -0.05) is 23.8 Å². The van der Waals surface area contributed by atoms with Gasteiger partial charge in [-0.25, -0.2) is 0 Å². The maximum atomic E-state index is 11.0. The summed E-state index contributed by atoms with van der Waals surface area (Å²) in [5.41, 5.74) is 4.89. The minimum Gasteiger partial charge on any atom is -0.258 e. The molecule has 0 spiro atoms. The van der Waals surface area contributed by atoms with E-state index in [1.807, 2.05) is 13.0 Å². The zero-order chi connectivity index (χ0) is 14.9. The Labute approximate surface area is 129 Å². The van der Waals surface area contributed by atoms with Gasteiger partial charge in [-0.2, -0.15) is 0 Å². The fraction of sp³-hybridized carbons (Fsp3) is 0.250. The van der Waals surface area contributed by atoms with Gasteiger partial charge in [0.15, 0.2) is 3.57 Å². The van der Waals surface area contributed by atoms with Crippen molar-refractivity contribution < 1.29 is 26.1 Å². The van der Waals surface area contributed by atoms with Crippen molar-refractivity contribution >= 4 is 5.69 Å².